The fraction of sp³-hybridized carbons (Fsp3) is 0.250. The van der Waals surface area contributed by atoms with Crippen molar-refractivity contribution in [3.05, 3.63) is 35.7 Å². The number of nitrogens with one attached hydrogen (secondary N) is 2. The molecule has 120 valence electrons. The first-order valence-corrected chi connectivity index (χ1v) is 8.05. The number of hydrogen-bond donors (Lipinski definition) is 2. The van der Waals surface area contributed by atoms with E-state index in [4.69, 9.17) is 10.00 Å². The molecule has 7 heteroatoms. The van der Waals surface area contributed by atoms with Crippen LogP contribution in [0, 0.1) is 11.3 Å². The van der Waals surface area contributed by atoms with Gasteiger partial charge in [0.2, 0.25) is 5.78 Å². The van der Waals surface area contributed by atoms with E-state index in [-0.39, 0.29) is 11.4 Å². The highest BCUT2D eigenvalue weighted by molar-refractivity contribution is 7.99. The Hall–Kier alpha value is -2.59. The topological polar surface area (TPSA) is 81.1 Å². The maximum absolute atomic E-state index is 12.4. The SMILES string of the molecule is COc1cc2[nH]c(C(=O)/C(C#N)=C/N(C)C)cc2cc1NSC. The number of ether oxygens (including phenoxy) is 1. The summed E-state index contributed by atoms with van der Waals surface area (Å²) >= 11 is 1.46. The number of aromatic amines is 1. The fourth-order valence-electron chi connectivity index (χ4n) is 2.18. The van der Waals surface area contributed by atoms with Crippen LogP contribution < -0.4 is 9.46 Å². The minimum absolute atomic E-state index is 0.0796. The molecule has 0 aliphatic carbocycles. The first kappa shape index (κ1) is 16.8. The fourth-order valence-corrected chi connectivity index (χ4v) is 2.56. The van der Waals surface area contributed by atoms with Crippen molar-refractivity contribution in [1.82, 2.24) is 9.88 Å². The molecule has 1 aromatic heterocycles. The molecular formula is C16H18N4O2S. The number of rotatable bonds is 6. The first-order chi connectivity index (χ1) is 11.0. The number of H-pyrrole nitrogens is 1. The van der Waals surface area contributed by atoms with Crippen molar-refractivity contribution in [1.29, 1.82) is 5.26 Å². The molecule has 0 fully saturated rings. The molecule has 0 unspecified atom stereocenters. The number of Topliss-reactive ketones (excluding diaryl/α,β-unsaturated/α-hetero) is 1. The van der Waals surface area contributed by atoms with Gasteiger partial charge in [0.1, 0.15) is 17.4 Å². The average Bonchev–Trinajstić information content (AvgIpc) is 2.94. The van der Waals surface area contributed by atoms with E-state index in [1.165, 1.54) is 18.1 Å². The highest BCUT2D eigenvalue weighted by atomic mass is 32.2. The Bertz CT molecular complexity index is 802. The van der Waals surface area contributed by atoms with Crippen LogP contribution in [0.2, 0.25) is 0 Å². The Morgan fingerprint density at radius 1 is 1.43 bits per heavy atom. The van der Waals surface area contributed by atoms with Crippen molar-refractivity contribution >= 4 is 34.3 Å². The molecule has 0 saturated heterocycles. The molecule has 1 heterocycles. The second-order valence-electron chi connectivity index (χ2n) is 5.08. The summed E-state index contributed by atoms with van der Waals surface area (Å²) in [6.45, 7) is 0. The van der Waals surface area contributed by atoms with Gasteiger partial charge in [-0.2, -0.15) is 5.26 Å². The predicted molar refractivity (Wildman–Crippen MR) is 93.7 cm³/mol. The third-order valence-electron chi connectivity index (χ3n) is 3.15. The number of nitrogens with zero attached hydrogens (tertiary/aromatic N) is 2. The van der Waals surface area contributed by atoms with Crippen LogP contribution in [-0.4, -0.2) is 43.1 Å². The molecule has 0 amide bonds. The number of fused-ring (bicyclic) bond motifs is 1. The smallest absolute Gasteiger partial charge is 0.221 e. The van der Waals surface area contributed by atoms with E-state index in [1.807, 2.05) is 24.5 Å². The lowest BCUT2D eigenvalue weighted by atomic mass is 10.1. The lowest BCUT2D eigenvalue weighted by Crippen LogP contribution is -2.09. The first-order valence-electron chi connectivity index (χ1n) is 6.83. The summed E-state index contributed by atoms with van der Waals surface area (Å²) in [5.41, 5.74) is 2.06. The molecule has 0 atom stereocenters. The van der Waals surface area contributed by atoms with Gasteiger partial charge in [0.25, 0.3) is 0 Å². The quantitative estimate of drug-likeness (QED) is 0.367. The maximum atomic E-state index is 12.4. The van der Waals surface area contributed by atoms with Gasteiger partial charge in [0.05, 0.1) is 18.5 Å². The normalized spacial score (nSPS) is 11.2. The summed E-state index contributed by atoms with van der Waals surface area (Å²) in [4.78, 5) is 17.2. The van der Waals surface area contributed by atoms with Crippen LogP contribution in [0.15, 0.2) is 30.0 Å². The molecule has 0 saturated carbocycles. The Labute approximate surface area is 139 Å². The van der Waals surface area contributed by atoms with E-state index in [9.17, 15) is 4.79 Å². The zero-order valence-electron chi connectivity index (χ0n) is 13.4. The second-order valence-corrected chi connectivity index (χ2v) is 5.69. The number of anilines is 1. The van der Waals surface area contributed by atoms with Gasteiger partial charge >= 0.3 is 0 Å². The van der Waals surface area contributed by atoms with E-state index >= 15 is 0 Å². The van der Waals surface area contributed by atoms with Crippen molar-refractivity contribution in [2.75, 3.05) is 32.2 Å². The number of hydrogen-bond acceptors (Lipinski definition) is 6. The van der Waals surface area contributed by atoms with Gasteiger partial charge in [0, 0.05) is 43.5 Å². The summed E-state index contributed by atoms with van der Waals surface area (Å²) in [5.74, 6) is 0.341. The monoisotopic (exact) mass is 330 g/mol. The molecule has 6 nitrogen and oxygen atoms in total. The van der Waals surface area contributed by atoms with E-state index < -0.39 is 0 Å². The summed E-state index contributed by atoms with van der Waals surface area (Å²) in [5, 5.41) is 10.0. The van der Waals surface area contributed by atoms with Gasteiger partial charge in [-0.3, -0.25) is 4.79 Å². The molecule has 0 radical (unpaired) electrons. The maximum Gasteiger partial charge on any atom is 0.221 e. The number of ketones is 1. The molecule has 0 aliphatic heterocycles. The number of carbonyl (C=O) groups is 1. The van der Waals surface area contributed by atoms with Crippen LogP contribution in [0.4, 0.5) is 5.69 Å². The number of nitriles is 1. The van der Waals surface area contributed by atoms with E-state index in [0.717, 1.165) is 16.6 Å². The Kier molecular flexibility index (Phi) is 5.19. The zero-order chi connectivity index (χ0) is 17.0. The molecule has 23 heavy (non-hydrogen) atoms. The minimum Gasteiger partial charge on any atom is -0.494 e. The third kappa shape index (κ3) is 3.60. The van der Waals surface area contributed by atoms with Gasteiger partial charge in [0.15, 0.2) is 0 Å². The summed E-state index contributed by atoms with van der Waals surface area (Å²) in [6, 6.07) is 7.41. The van der Waals surface area contributed by atoms with Crippen molar-refractivity contribution in [2.45, 2.75) is 0 Å². The van der Waals surface area contributed by atoms with Crippen molar-refractivity contribution in [3.63, 3.8) is 0 Å². The molecule has 0 aliphatic rings. The summed E-state index contributed by atoms with van der Waals surface area (Å²) in [6.07, 6.45) is 3.43. The molecule has 2 rings (SSSR count). The third-order valence-corrected chi connectivity index (χ3v) is 3.57. The van der Waals surface area contributed by atoms with Gasteiger partial charge in [-0.25, -0.2) is 0 Å². The molecular weight excluding hydrogens is 312 g/mol. The van der Waals surface area contributed by atoms with Crippen LogP contribution in [0.3, 0.4) is 0 Å². The van der Waals surface area contributed by atoms with Gasteiger partial charge in [-0.05, 0) is 12.1 Å². The highest BCUT2D eigenvalue weighted by Crippen LogP contribution is 2.32. The highest BCUT2D eigenvalue weighted by Gasteiger charge is 2.16. The Morgan fingerprint density at radius 2 is 2.17 bits per heavy atom. The standard InChI is InChI=1S/C16H18N4O2S/c1-20(2)9-11(8-17)16(21)14-6-10-5-13(19-23-4)15(22-3)7-12(10)18-14/h5-7,9,18-19H,1-4H3/b11-9+. The lowest BCUT2D eigenvalue weighted by Gasteiger charge is -2.08. The van der Waals surface area contributed by atoms with E-state index in [0.29, 0.717) is 11.4 Å². The van der Waals surface area contributed by atoms with Crippen molar-refractivity contribution in [2.24, 2.45) is 0 Å². The van der Waals surface area contributed by atoms with Gasteiger partial charge < -0.3 is 19.3 Å². The zero-order valence-corrected chi connectivity index (χ0v) is 14.2. The number of aromatic nitrogens is 1. The van der Waals surface area contributed by atoms with Crippen LogP contribution in [0.1, 0.15) is 10.5 Å². The number of allylic oxidation sites excluding steroid dienone is 1. The van der Waals surface area contributed by atoms with Gasteiger partial charge in [-0.1, -0.05) is 11.9 Å². The lowest BCUT2D eigenvalue weighted by molar-refractivity contribution is 0.103. The predicted octanol–water partition coefficient (Wildman–Crippen LogP) is 3.02. The Balaban J connectivity index is 2.48. The van der Waals surface area contributed by atoms with E-state index in [2.05, 4.69) is 9.71 Å². The largest absolute Gasteiger partial charge is 0.494 e. The summed E-state index contributed by atoms with van der Waals surface area (Å²) in [7, 11) is 5.12. The molecule has 0 spiro atoms. The minimum atomic E-state index is -0.337. The molecule has 0 bridgehead atoms. The Morgan fingerprint density at radius 3 is 2.74 bits per heavy atom. The van der Waals surface area contributed by atoms with Crippen LogP contribution in [-0.2, 0) is 0 Å². The molecule has 2 aromatic rings. The van der Waals surface area contributed by atoms with Crippen LogP contribution in [0.25, 0.3) is 10.9 Å². The number of methoxy groups -OCH3 is 1. The molecule has 1 aromatic carbocycles. The van der Waals surface area contributed by atoms with E-state index in [1.54, 1.807) is 32.2 Å². The van der Waals surface area contributed by atoms with Crippen LogP contribution >= 0.6 is 11.9 Å². The van der Waals surface area contributed by atoms with Crippen LogP contribution in [0.5, 0.6) is 5.75 Å². The molecule has 2 N–H and O–H groups in total. The average molecular weight is 330 g/mol. The van der Waals surface area contributed by atoms with Gasteiger partial charge in [-0.15, -0.1) is 0 Å². The van der Waals surface area contributed by atoms with Crippen molar-refractivity contribution < 1.29 is 9.53 Å². The summed E-state index contributed by atoms with van der Waals surface area (Å²) < 4.78 is 8.49. The second kappa shape index (κ2) is 7.11. The number of carbonyl (C=O) groups excluding carboxylic acids is 1. The van der Waals surface area contributed by atoms with Crippen molar-refractivity contribution in [3.8, 4) is 11.8 Å². The number of benzene rings is 1.